The molecule has 0 saturated heterocycles. The lowest BCUT2D eigenvalue weighted by Gasteiger charge is -2.29. The fourth-order valence-electron chi connectivity index (χ4n) is 2.30. The molecule has 106 valence electrons. The molecule has 0 aromatic heterocycles. The zero-order valence-electron chi connectivity index (χ0n) is 10.8. The van der Waals surface area contributed by atoms with Crippen molar-refractivity contribution in [3.8, 4) is 0 Å². The van der Waals surface area contributed by atoms with Crippen LogP contribution in [-0.2, 0) is 19.6 Å². The van der Waals surface area contributed by atoms with E-state index in [1.807, 2.05) is 0 Å². The first-order valence-corrected chi connectivity index (χ1v) is 7.64. The molecule has 1 aliphatic rings. The molecule has 1 aliphatic carbocycles. The van der Waals surface area contributed by atoms with Gasteiger partial charge in [0.25, 0.3) is 0 Å². The zero-order valence-corrected chi connectivity index (χ0v) is 11.6. The van der Waals surface area contributed by atoms with Crippen LogP contribution in [0.1, 0.15) is 32.6 Å². The SMILES string of the molecule is COC(=O)C(C)S(=O)(=O)N(CCO)C1CCCC1. The summed E-state index contributed by atoms with van der Waals surface area (Å²) in [7, 11) is -2.59. The average molecular weight is 279 g/mol. The van der Waals surface area contributed by atoms with Gasteiger partial charge in [0.05, 0.1) is 13.7 Å². The molecule has 18 heavy (non-hydrogen) atoms. The van der Waals surface area contributed by atoms with E-state index >= 15 is 0 Å². The second kappa shape index (κ2) is 6.49. The van der Waals surface area contributed by atoms with E-state index < -0.39 is 21.2 Å². The zero-order chi connectivity index (χ0) is 13.8. The van der Waals surface area contributed by atoms with E-state index in [4.69, 9.17) is 5.11 Å². The van der Waals surface area contributed by atoms with Crippen LogP contribution in [0.25, 0.3) is 0 Å². The number of hydrogen-bond acceptors (Lipinski definition) is 5. The summed E-state index contributed by atoms with van der Waals surface area (Å²) in [5, 5.41) is 7.79. The molecule has 0 radical (unpaired) electrons. The molecule has 1 saturated carbocycles. The maximum atomic E-state index is 12.3. The highest BCUT2D eigenvalue weighted by Gasteiger charge is 2.38. The Labute approximate surface area is 108 Å². The van der Waals surface area contributed by atoms with Crippen LogP contribution in [0.4, 0.5) is 0 Å². The third kappa shape index (κ3) is 3.21. The molecular weight excluding hydrogens is 258 g/mol. The predicted molar refractivity (Wildman–Crippen MR) is 66.4 cm³/mol. The van der Waals surface area contributed by atoms with Gasteiger partial charge in [-0.3, -0.25) is 4.79 Å². The molecule has 7 heteroatoms. The van der Waals surface area contributed by atoms with Gasteiger partial charge in [0.15, 0.2) is 5.25 Å². The van der Waals surface area contributed by atoms with Gasteiger partial charge >= 0.3 is 5.97 Å². The van der Waals surface area contributed by atoms with Crippen LogP contribution >= 0.6 is 0 Å². The summed E-state index contributed by atoms with van der Waals surface area (Å²) in [5.74, 6) is -0.768. The van der Waals surface area contributed by atoms with Crippen LogP contribution in [-0.4, -0.2) is 55.4 Å². The van der Waals surface area contributed by atoms with E-state index in [2.05, 4.69) is 4.74 Å². The van der Waals surface area contributed by atoms with Crippen LogP contribution in [0.15, 0.2) is 0 Å². The summed E-state index contributed by atoms with van der Waals surface area (Å²) in [6.45, 7) is 1.11. The number of carbonyl (C=O) groups is 1. The fraction of sp³-hybridized carbons (Fsp3) is 0.909. The van der Waals surface area contributed by atoms with E-state index in [1.165, 1.54) is 18.3 Å². The van der Waals surface area contributed by atoms with Crippen molar-refractivity contribution in [2.75, 3.05) is 20.3 Å². The van der Waals surface area contributed by atoms with Crippen molar-refractivity contribution in [1.82, 2.24) is 4.31 Å². The van der Waals surface area contributed by atoms with Gasteiger partial charge in [-0.1, -0.05) is 12.8 Å². The normalized spacial score (nSPS) is 19.1. The average Bonchev–Trinajstić information content (AvgIpc) is 2.87. The first kappa shape index (κ1) is 15.4. The largest absolute Gasteiger partial charge is 0.468 e. The molecular formula is C11H21NO5S. The van der Waals surface area contributed by atoms with Crippen LogP contribution in [0, 0.1) is 0 Å². The summed E-state index contributed by atoms with van der Waals surface area (Å²) in [4.78, 5) is 11.4. The number of aliphatic hydroxyl groups excluding tert-OH is 1. The van der Waals surface area contributed by atoms with Crippen molar-refractivity contribution in [2.45, 2.75) is 43.9 Å². The Morgan fingerprint density at radius 2 is 2.00 bits per heavy atom. The minimum atomic E-state index is -3.76. The number of methoxy groups -OCH3 is 1. The molecule has 0 aromatic carbocycles. The van der Waals surface area contributed by atoms with Crippen LogP contribution in [0.3, 0.4) is 0 Å². The Balaban J connectivity index is 2.92. The molecule has 0 amide bonds. The van der Waals surface area contributed by atoms with E-state index in [9.17, 15) is 13.2 Å². The number of hydrogen-bond donors (Lipinski definition) is 1. The van der Waals surface area contributed by atoms with Gasteiger partial charge < -0.3 is 9.84 Å². The number of rotatable bonds is 6. The van der Waals surface area contributed by atoms with E-state index in [0.29, 0.717) is 0 Å². The van der Waals surface area contributed by atoms with Crippen molar-refractivity contribution >= 4 is 16.0 Å². The second-order valence-electron chi connectivity index (χ2n) is 4.48. The number of sulfonamides is 1. The molecule has 0 spiro atoms. The molecule has 0 aliphatic heterocycles. The lowest BCUT2D eigenvalue weighted by atomic mass is 10.2. The Morgan fingerprint density at radius 1 is 1.44 bits per heavy atom. The topological polar surface area (TPSA) is 83.9 Å². The van der Waals surface area contributed by atoms with Gasteiger partial charge in [-0.2, -0.15) is 4.31 Å². The summed E-state index contributed by atoms with van der Waals surface area (Å²) in [6, 6.07) is -0.103. The van der Waals surface area contributed by atoms with E-state index in [1.54, 1.807) is 0 Å². The minimum absolute atomic E-state index is 0.0360. The monoisotopic (exact) mass is 279 g/mol. The van der Waals surface area contributed by atoms with Gasteiger partial charge in [0.2, 0.25) is 10.0 Å². The lowest BCUT2D eigenvalue weighted by Crippen LogP contribution is -2.47. The molecule has 1 rings (SSSR count). The summed E-state index contributed by atoms with van der Waals surface area (Å²) in [5.41, 5.74) is 0. The molecule has 1 atom stereocenters. The van der Waals surface area contributed by atoms with Gasteiger partial charge in [0.1, 0.15) is 0 Å². The fourth-order valence-corrected chi connectivity index (χ4v) is 4.01. The van der Waals surface area contributed by atoms with Gasteiger partial charge in [-0.25, -0.2) is 8.42 Å². The van der Waals surface area contributed by atoms with Crippen LogP contribution < -0.4 is 0 Å². The van der Waals surface area contributed by atoms with Crippen LogP contribution in [0.2, 0.25) is 0 Å². The highest BCUT2D eigenvalue weighted by Crippen LogP contribution is 2.27. The molecule has 1 unspecified atom stereocenters. The first-order valence-electron chi connectivity index (χ1n) is 6.14. The predicted octanol–water partition coefficient (Wildman–Crippen LogP) is 0.115. The third-order valence-electron chi connectivity index (χ3n) is 3.36. The number of aliphatic hydroxyl groups is 1. The van der Waals surface area contributed by atoms with Crippen LogP contribution in [0.5, 0.6) is 0 Å². The van der Waals surface area contributed by atoms with Crippen molar-refractivity contribution < 1.29 is 23.1 Å². The number of nitrogens with zero attached hydrogens (tertiary/aromatic N) is 1. The Morgan fingerprint density at radius 3 is 2.44 bits per heavy atom. The van der Waals surface area contributed by atoms with Crippen molar-refractivity contribution in [3.05, 3.63) is 0 Å². The molecule has 0 bridgehead atoms. The maximum Gasteiger partial charge on any atom is 0.325 e. The molecule has 6 nitrogen and oxygen atoms in total. The van der Waals surface area contributed by atoms with Gasteiger partial charge in [-0.15, -0.1) is 0 Å². The molecule has 0 aromatic rings. The highest BCUT2D eigenvalue weighted by atomic mass is 32.2. The van der Waals surface area contributed by atoms with E-state index in [-0.39, 0.29) is 19.2 Å². The summed E-state index contributed by atoms with van der Waals surface area (Å²) < 4.78 is 30.4. The number of esters is 1. The van der Waals surface area contributed by atoms with Crippen molar-refractivity contribution in [1.29, 1.82) is 0 Å². The number of carbonyl (C=O) groups excluding carboxylic acids is 1. The third-order valence-corrected chi connectivity index (χ3v) is 5.58. The van der Waals surface area contributed by atoms with E-state index in [0.717, 1.165) is 25.7 Å². The van der Waals surface area contributed by atoms with Crippen molar-refractivity contribution in [2.24, 2.45) is 0 Å². The maximum absolute atomic E-state index is 12.3. The smallest absolute Gasteiger partial charge is 0.325 e. The van der Waals surface area contributed by atoms with Gasteiger partial charge in [-0.05, 0) is 19.8 Å². The number of ether oxygens (including phenoxy) is 1. The Hall–Kier alpha value is -0.660. The standard InChI is InChI=1S/C11H21NO5S/c1-9(11(14)17-2)18(15,16)12(7-8-13)10-5-3-4-6-10/h9-10,13H,3-8H2,1-2H3. The highest BCUT2D eigenvalue weighted by molar-refractivity contribution is 7.90. The Bertz CT molecular complexity index is 375. The quantitative estimate of drug-likeness (QED) is 0.698. The lowest BCUT2D eigenvalue weighted by molar-refractivity contribution is -0.139. The summed E-state index contributed by atoms with van der Waals surface area (Å²) >= 11 is 0. The molecule has 1 fully saturated rings. The second-order valence-corrected chi connectivity index (χ2v) is 6.69. The molecule has 1 N–H and O–H groups in total. The molecule has 0 heterocycles. The first-order chi connectivity index (χ1) is 8.45. The van der Waals surface area contributed by atoms with Crippen molar-refractivity contribution in [3.63, 3.8) is 0 Å². The summed E-state index contributed by atoms with van der Waals surface area (Å²) in [6.07, 6.45) is 3.53. The van der Waals surface area contributed by atoms with Gasteiger partial charge in [0, 0.05) is 12.6 Å². The Kier molecular flexibility index (Phi) is 5.55. The minimum Gasteiger partial charge on any atom is -0.468 e.